The Morgan fingerprint density at radius 2 is 2.00 bits per heavy atom. The molecular formula is C16H29NO4S. The first-order valence-electron chi connectivity index (χ1n) is 7.81. The van der Waals surface area contributed by atoms with Crippen molar-refractivity contribution in [3.63, 3.8) is 0 Å². The molecule has 0 amide bonds. The van der Waals surface area contributed by atoms with E-state index in [2.05, 4.69) is 13.5 Å². The summed E-state index contributed by atoms with van der Waals surface area (Å²) in [5, 5.41) is 0. The Labute approximate surface area is 138 Å². The molecule has 0 aliphatic heterocycles. The summed E-state index contributed by atoms with van der Waals surface area (Å²) in [5.74, 6) is 0.647. The third-order valence-corrected chi connectivity index (χ3v) is 3.98. The normalized spacial score (nSPS) is 11.8. The average molecular weight is 331 g/mol. The molecule has 0 aliphatic carbocycles. The monoisotopic (exact) mass is 331 g/mol. The van der Waals surface area contributed by atoms with Gasteiger partial charge in [-0.25, -0.2) is 4.79 Å². The van der Waals surface area contributed by atoms with Crippen molar-refractivity contribution in [1.29, 1.82) is 0 Å². The average Bonchev–Trinajstić information content (AvgIpc) is 2.48. The maximum atomic E-state index is 11.8. The molecule has 0 aromatic carbocycles. The minimum atomic E-state index is -0.465. The van der Waals surface area contributed by atoms with Crippen LogP contribution in [-0.4, -0.2) is 42.7 Å². The number of esters is 2. The lowest BCUT2D eigenvalue weighted by Crippen LogP contribution is -2.28. The second-order valence-electron chi connectivity index (χ2n) is 5.16. The van der Waals surface area contributed by atoms with Gasteiger partial charge in [0, 0.05) is 30.0 Å². The first-order valence-corrected chi connectivity index (χ1v) is 8.96. The van der Waals surface area contributed by atoms with Gasteiger partial charge in [0.1, 0.15) is 12.7 Å². The summed E-state index contributed by atoms with van der Waals surface area (Å²) in [4.78, 5) is 23.2. The number of hydrogen-bond donors (Lipinski definition) is 1. The summed E-state index contributed by atoms with van der Waals surface area (Å²) in [6.07, 6.45) is 4.10. The number of hydrogen-bond acceptors (Lipinski definition) is 6. The molecule has 0 aliphatic rings. The van der Waals surface area contributed by atoms with E-state index in [9.17, 15) is 9.59 Å². The van der Waals surface area contributed by atoms with Gasteiger partial charge >= 0.3 is 11.9 Å². The van der Waals surface area contributed by atoms with Crippen LogP contribution in [-0.2, 0) is 19.1 Å². The summed E-state index contributed by atoms with van der Waals surface area (Å²) in [6, 6.07) is 0. The first-order chi connectivity index (χ1) is 10.5. The van der Waals surface area contributed by atoms with Crippen LogP contribution in [0.5, 0.6) is 0 Å². The van der Waals surface area contributed by atoms with Gasteiger partial charge < -0.3 is 15.2 Å². The molecule has 0 heterocycles. The molecule has 0 aromatic rings. The molecule has 0 bridgehead atoms. The van der Waals surface area contributed by atoms with Gasteiger partial charge in [-0.2, -0.15) is 11.8 Å². The summed E-state index contributed by atoms with van der Waals surface area (Å²) in [6.45, 7) is 7.85. The summed E-state index contributed by atoms with van der Waals surface area (Å²) in [7, 11) is 0. The molecule has 5 nitrogen and oxygen atoms in total. The van der Waals surface area contributed by atoms with Crippen molar-refractivity contribution < 1.29 is 19.1 Å². The van der Waals surface area contributed by atoms with Crippen LogP contribution in [0.1, 0.15) is 46.0 Å². The van der Waals surface area contributed by atoms with Crippen molar-refractivity contribution in [1.82, 2.24) is 0 Å². The Balaban J connectivity index is 4.17. The summed E-state index contributed by atoms with van der Waals surface area (Å²) < 4.78 is 10.5. The standard InChI is InChI=1S/C16H29NO4S/c1-4-5-6-7-8-15(18)21-14(12-22-10-9-17)11-20-16(19)13(2)3/h14H,2,4-12,17H2,1,3H3. The highest BCUT2D eigenvalue weighted by molar-refractivity contribution is 7.99. The number of rotatable bonds is 13. The Kier molecular flexibility index (Phi) is 13.0. The Bertz CT molecular complexity index is 347. The molecule has 0 saturated heterocycles. The van der Waals surface area contributed by atoms with Crippen molar-refractivity contribution in [2.45, 2.75) is 52.1 Å². The maximum Gasteiger partial charge on any atom is 0.333 e. The van der Waals surface area contributed by atoms with E-state index in [1.807, 2.05) is 0 Å². The molecule has 0 saturated carbocycles. The van der Waals surface area contributed by atoms with Crippen LogP contribution in [0, 0.1) is 0 Å². The van der Waals surface area contributed by atoms with E-state index in [-0.39, 0.29) is 12.6 Å². The van der Waals surface area contributed by atoms with E-state index >= 15 is 0 Å². The molecule has 6 heteroatoms. The van der Waals surface area contributed by atoms with Gasteiger partial charge in [-0.05, 0) is 13.3 Å². The summed E-state index contributed by atoms with van der Waals surface area (Å²) in [5.41, 5.74) is 5.78. The minimum Gasteiger partial charge on any atom is -0.458 e. The molecule has 128 valence electrons. The summed E-state index contributed by atoms with van der Waals surface area (Å²) >= 11 is 1.58. The third-order valence-electron chi connectivity index (χ3n) is 2.85. The van der Waals surface area contributed by atoms with Crippen LogP contribution in [0.25, 0.3) is 0 Å². The highest BCUT2D eigenvalue weighted by Gasteiger charge is 2.17. The molecule has 1 unspecified atom stereocenters. The van der Waals surface area contributed by atoms with Crippen molar-refractivity contribution in [2.24, 2.45) is 5.73 Å². The topological polar surface area (TPSA) is 78.6 Å². The lowest BCUT2D eigenvalue weighted by atomic mass is 10.1. The first kappa shape index (κ1) is 21.0. The molecule has 0 aromatic heterocycles. The zero-order valence-corrected chi connectivity index (χ0v) is 14.6. The van der Waals surface area contributed by atoms with E-state index in [1.54, 1.807) is 18.7 Å². The predicted octanol–water partition coefficient (Wildman–Crippen LogP) is 2.68. The Hall–Kier alpha value is -1.01. The quantitative estimate of drug-likeness (QED) is 0.317. The van der Waals surface area contributed by atoms with E-state index in [1.165, 1.54) is 0 Å². The van der Waals surface area contributed by atoms with Crippen LogP contribution in [0.15, 0.2) is 12.2 Å². The zero-order valence-electron chi connectivity index (χ0n) is 13.8. The van der Waals surface area contributed by atoms with Gasteiger partial charge in [-0.1, -0.05) is 32.8 Å². The number of unbranched alkanes of at least 4 members (excludes halogenated alkanes) is 3. The molecule has 22 heavy (non-hydrogen) atoms. The second-order valence-corrected chi connectivity index (χ2v) is 6.31. The van der Waals surface area contributed by atoms with Crippen LogP contribution >= 0.6 is 11.8 Å². The smallest absolute Gasteiger partial charge is 0.333 e. The lowest BCUT2D eigenvalue weighted by Gasteiger charge is -2.17. The number of carbonyl (C=O) groups excluding carboxylic acids is 2. The van der Waals surface area contributed by atoms with E-state index < -0.39 is 12.1 Å². The highest BCUT2D eigenvalue weighted by Crippen LogP contribution is 2.10. The van der Waals surface area contributed by atoms with Crippen LogP contribution in [0.2, 0.25) is 0 Å². The fraction of sp³-hybridized carbons (Fsp3) is 0.750. The van der Waals surface area contributed by atoms with Gasteiger partial charge in [-0.3, -0.25) is 4.79 Å². The van der Waals surface area contributed by atoms with E-state index in [0.29, 0.717) is 24.3 Å². The van der Waals surface area contributed by atoms with Crippen LogP contribution in [0.3, 0.4) is 0 Å². The molecule has 1 atom stereocenters. The molecule has 0 radical (unpaired) electrons. The number of carbonyl (C=O) groups is 2. The van der Waals surface area contributed by atoms with Crippen molar-refractivity contribution in [2.75, 3.05) is 24.7 Å². The van der Waals surface area contributed by atoms with Gasteiger partial charge in [0.2, 0.25) is 0 Å². The van der Waals surface area contributed by atoms with Crippen LogP contribution in [0.4, 0.5) is 0 Å². The van der Waals surface area contributed by atoms with Crippen molar-refractivity contribution in [3.8, 4) is 0 Å². The molecule has 0 spiro atoms. The number of thioether (sulfide) groups is 1. The van der Waals surface area contributed by atoms with Crippen LogP contribution < -0.4 is 5.73 Å². The largest absolute Gasteiger partial charge is 0.458 e. The Morgan fingerprint density at radius 1 is 1.27 bits per heavy atom. The van der Waals surface area contributed by atoms with Gasteiger partial charge in [0.15, 0.2) is 0 Å². The SMILES string of the molecule is C=C(C)C(=O)OCC(CSCCN)OC(=O)CCCCCC. The molecule has 2 N–H and O–H groups in total. The van der Waals surface area contributed by atoms with Gasteiger partial charge in [-0.15, -0.1) is 0 Å². The lowest BCUT2D eigenvalue weighted by molar-refractivity contribution is -0.155. The minimum absolute atomic E-state index is 0.0595. The second kappa shape index (κ2) is 13.6. The predicted molar refractivity (Wildman–Crippen MR) is 90.8 cm³/mol. The van der Waals surface area contributed by atoms with Crippen molar-refractivity contribution >= 4 is 23.7 Å². The van der Waals surface area contributed by atoms with Gasteiger partial charge in [0.05, 0.1) is 0 Å². The number of ether oxygens (including phenoxy) is 2. The number of nitrogens with two attached hydrogens (primary N) is 1. The van der Waals surface area contributed by atoms with E-state index in [4.69, 9.17) is 15.2 Å². The molecule has 0 fully saturated rings. The fourth-order valence-electron chi connectivity index (χ4n) is 1.65. The fourth-order valence-corrected chi connectivity index (χ4v) is 2.41. The molecule has 0 rings (SSSR count). The molecular weight excluding hydrogens is 302 g/mol. The Morgan fingerprint density at radius 3 is 2.59 bits per heavy atom. The van der Waals surface area contributed by atoms with E-state index in [0.717, 1.165) is 31.4 Å². The third kappa shape index (κ3) is 11.6. The highest BCUT2D eigenvalue weighted by atomic mass is 32.2. The van der Waals surface area contributed by atoms with Gasteiger partial charge in [0.25, 0.3) is 0 Å². The zero-order chi connectivity index (χ0) is 16.8. The maximum absolute atomic E-state index is 11.8. The van der Waals surface area contributed by atoms with Crippen molar-refractivity contribution in [3.05, 3.63) is 12.2 Å².